The minimum atomic E-state index is 0.978. The first-order chi connectivity index (χ1) is 13.9. The van der Waals surface area contributed by atoms with Gasteiger partial charge in [0.25, 0.3) is 0 Å². The van der Waals surface area contributed by atoms with Gasteiger partial charge >= 0.3 is 0 Å². The number of fused-ring (bicyclic) bond motifs is 1. The molecule has 0 bridgehead atoms. The summed E-state index contributed by atoms with van der Waals surface area (Å²) in [4.78, 5) is 13.8. The molecule has 0 N–H and O–H groups in total. The number of benzene rings is 2. The molecule has 2 aromatic heterocycles. The first-order valence-corrected chi connectivity index (χ1v) is 9.73. The zero-order valence-corrected chi connectivity index (χ0v) is 15.7. The van der Waals surface area contributed by atoms with Gasteiger partial charge in [-0.15, -0.1) is 0 Å². The molecule has 138 valence electrons. The van der Waals surface area contributed by atoms with Crippen molar-refractivity contribution in [1.82, 2.24) is 9.97 Å². The number of nitrogens with zero attached hydrogens (tertiary/aromatic N) is 4. The van der Waals surface area contributed by atoms with Crippen molar-refractivity contribution in [3.63, 3.8) is 0 Å². The molecule has 2 aromatic carbocycles. The summed E-state index contributed by atoms with van der Waals surface area (Å²) in [6.45, 7) is 3.94. The van der Waals surface area contributed by atoms with Gasteiger partial charge in [-0.3, -0.25) is 9.97 Å². The Labute approximate surface area is 165 Å². The van der Waals surface area contributed by atoms with Gasteiger partial charge in [0.15, 0.2) is 0 Å². The molecule has 0 saturated carbocycles. The van der Waals surface area contributed by atoms with Crippen LogP contribution in [0.4, 0.5) is 11.4 Å². The standard InChI is InChI=1S/C24H22N4/c1-2-7-21-19(5-1)6-3-8-22(21)24-23(9-4-12-26-24)28-17-15-27(16-18-28)20-10-13-25-14-11-20/h1-14H,15-18H2. The van der Waals surface area contributed by atoms with E-state index in [4.69, 9.17) is 4.98 Å². The third-order valence-electron chi connectivity index (χ3n) is 5.48. The van der Waals surface area contributed by atoms with E-state index in [9.17, 15) is 0 Å². The molecule has 0 unspecified atom stereocenters. The Morgan fingerprint density at radius 1 is 0.643 bits per heavy atom. The van der Waals surface area contributed by atoms with Gasteiger partial charge in [0, 0.05) is 56.0 Å². The fourth-order valence-electron chi connectivity index (χ4n) is 4.05. The van der Waals surface area contributed by atoms with Crippen LogP contribution >= 0.6 is 0 Å². The molecule has 4 heteroatoms. The molecule has 4 aromatic rings. The number of rotatable bonds is 3. The monoisotopic (exact) mass is 366 g/mol. The quantitative estimate of drug-likeness (QED) is 0.529. The van der Waals surface area contributed by atoms with Crippen molar-refractivity contribution in [3.8, 4) is 11.3 Å². The molecule has 0 amide bonds. The highest BCUT2D eigenvalue weighted by atomic mass is 15.3. The number of hydrogen-bond donors (Lipinski definition) is 0. The lowest BCUT2D eigenvalue weighted by atomic mass is 10.0. The summed E-state index contributed by atoms with van der Waals surface area (Å²) in [6.07, 6.45) is 5.62. The van der Waals surface area contributed by atoms with Crippen LogP contribution in [0.2, 0.25) is 0 Å². The minimum Gasteiger partial charge on any atom is -0.368 e. The van der Waals surface area contributed by atoms with Crippen molar-refractivity contribution < 1.29 is 0 Å². The van der Waals surface area contributed by atoms with Crippen LogP contribution in [0.15, 0.2) is 85.3 Å². The molecule has 0 radical (unpaired) electrons. The predicted molar refractivity (Wildman–Crippen MR) is 116 cm³/mol. The van der Waals surface area contributed by atoms with Crippen LogP contribution in [0.5, 0.6) is 0 Å². The van der Waals surface area contributed by atoms with Crippen LogP contribution < -0.4 is 9.80 Å². The molecule has 4 nitrogen and oxygen atoms in total. The fourth-order valence-corrected chi connectivity index (χ4v) is 4.05. The Hall–Kier alpha value is -3.40. The first kappa shape index (κ1) is 16.8. The lowest BCUT2D eigenvalue weighted by molar-refractivity contribution is 0.653. The van der Waals surface area contributed by atoms with E-state index in [2.05, 4.69) is 75.4 Å². The van der Waals surface area contributed by atoms with Crippen LogP contribution in [0, 0.1) is 0 Å². The molecular weight excluding hydrogens is 344 g/mol. The Bertz CT molecular complexity index is 1080. The normalized spacial score (nSPS) is 14.4. The molecule has 0 aliphatic carbocycles. The molecule has 1 aliphatic rings. The molecule has 1 aliphatic heterocycles. The van der Waals surface area contributed by atoms with E-state index in [1.807, 2.05) is 24.7 Å². The molecule has 1 fully saturated rings. The third kappa shape index (κ3) is 3.07. The van der Waals surface area contributed by atoms with Gasteiger partial charge < -0.3 is 9.80 Å². The van der Waals surface area contributed by atoms with E-state index >= 15 is 0 Å². The van der Waals surface area contributed by atoms with Crippen LogP contribution in [-0.2, 0) is 0 Å². The van der Waals surface area contributed by atoms with Gasteiger partial charge in [-0.25, -0.2) is 0 Å². The molecule has 0 spiro atoms. The first-order valence-electron chi connectivity index (χ1n) is 9.73. The van der Waals surface area contributed by atoms with Crippen LogP contribution in [-0.4, -0.2) is 36.1 Å². The summed E-state index contributed by atoms with van der Waals surface area (Å²) in [6, 6.07) is 23.4. The Morgan fingerprint density at radius 2 is 1.39 bits per heavy atom. The van der Waals surface area contributed by atoms with Crippen LogP contribution in [0.25, 0.3) is 22.0 Å². The average molecular weight is 366 g/mol. The van der Waals surface area contributed by atoms with Crippen molar-refractivity contribution in [2.75, 3.05) is 36.0 Å². The van der Waals surface area contributed by atoms with Gasteiger partial charge in [-0.05, 0) is 35.0 Å². The van der Waals surface area contributed by atoms with Crippen molar-refractivity contribution in [2.24, 2.45) is 0 Å². The Kier molecular flexibility index (Phi) is 4.37. The molecule has 3 heterocycles. The summed E-state index contributed by atoms with van der Waals surface area (Å²) in [5.74, 6) is 0. The zero-order valence-electron chi connectivity index (χ0n) is 15.7. The molecule has 5 rings (SSSR count). The molecular formula is C24H22N4. The summed E-state index contributed by atoms with van der Waals surface area (Å²) < 4.78 is 0. The van der Waals surface area contributed by atoms with Crippen molar-refractivity contribution in [2.45, 2.75) is 0 Å². The lowest BCUT2D eigenvalue weighted by Crippen LogP contribution is -2.46. The predicted octanol–water partition coefficient (Wildman–Crippen LogP) is 4.62. The maximum Gasteiger partial charge on any atom is 0.0941 e. The van der Waals surface area contributed by atoms with Gasteiger partial charge in [0.1, 0.15) is 0 Å². The highest BCUT2D eigenvalue weighted by Gasteiger charge is 2.21. The summed E-state index contributed by atoms with van der Waals surface area (Å²) in [5, 5.41) is 2.50. The highest BCUT2D eigenvalue weighted by molar-refractivity contribution is 5.98. The second kappa shape index (κ2) is 7.31. The molecule has 1 saturated heterocycles. The van der Waals surface area contributed by atoms with Crippen LogP contribution in [0.1, 0.15) is 0 Å². The maximum atomic E-state index is 4.79. The second-order valence-corrected chi connectivity index (χ2v) is 7.08. The smallest absolute Gasteiger partial charge is 0.0941 e. The minimum absolute atomic E-state index is 0.978. The largest absolute Gasteiger partial charge is 0.368 e. The van der Waals surface area contributed by atoms with E-state index in [1.54, 1.807) is 0 Å². The topological polar surface area (TPSA) is 32.3 Å². The lowest BCUT2D eigenvalue weighted by Gasteiger charge is -2.38. The number of hydrogen-bond acceptors (Lipinski definition) is 4. The summed E-state index contributed by atoms with van der Waals surface area (Å²) >= 11 is 0. The number of pyridine rings is 2. The average Bonchev–Trinajstić information content (AvgIpc) is 2.79. The van der Waals surface area contributed by atoms with E-state index in [0.29, 0.717) is 0 Å². The van der Waals surface area contributed by atoms with Gasteiger partial charge in [0.2, 0.25) is 0 Å². The highest BCUT2D eigenvalue weighted by Crippen LogP contribution is 2.34. The zero-order chi connectivity index (χ0) is 18.8. The maximum absolute atomic E-state index is 4.79. The second-order valence-electron chi connectivity index (χ2n) is 7.08. The summed E-state index contributed by atoms with van der Waals surface area (Å²) in [5.41, 5.74) is 4.73. The van der Waals surface area contributed by atoms with E-state index in [-0.39, 0.29) is 0 Å². The van der Waals surface area contributed by atoms with Crippen molar-refractivity contribution in [3.05, 3.63) is 85.3 Å². The molecule has 28 heavy (non-hydrogen) atoms. The van der Waals surface area contributed by atoms with Gasteiger partial charge in [-0.2, -0.15) is 0 Å². The number of aromatic nitrogens is 2. The Balaban J connectivity index is 1.46. The van der Waals surface area contributed by atoms with Gasteiger partial charge in [-0.1, -0.05) is 42.5 Å². The van der Waals surface area contributed by atoms with Crippen LogP contribution in [0.3, 0.4) is 0 Å². The van der Waals surface area contributed by atoms with Crippen molar-refractivity contribution in [1.29, 1.82) is 0 Å². The van der Waals surface area contributed by atoms with E-state index in [0.717, 1.165) is 31.9 Å². The summed E-state index contributed by atoms with van der Waals surface area (Å²) in [7, 11) is 0. The molecule has 0 atom stereocenters. The SMILES string of the molecule is c1cnc(-c2cccc3ccccc23)c(N2CCN(c3ccncc3)CC2)c1. The number of piperazine rings is 1. The van der Waals surface area contributed by atoms with E-state index < -0.39 is 0 Å². The van der Waals surface area contributed by atoms with E-state index in [1.165, 1.54) is 27.7 Å². The Morgan fingerprint density at radius 3 is 2.25 bits per heavy atom. The van der Waals surface area contributed by atoms with Crippen molar-refractivity contribution >= 4 is 22.1 Å². The van der Waals surface area contributed by atoms with Gasteiger partial charge in [0.05, 0.1) is 11.4 Å². The number of anilines is 2. The third-order valence-corrected chi connectivity index (χ3v) is 5.48. The fraction of sp³-hybridized carbons (Fsp3) is 0.167.